The zero-order valence-electron chi connectivity index (χ0n) is 15.8. The fourth-order valence-corrected chi connectivity index (χ4v) is 4.63. The molecular formula is C20H26N2O4S. The van der Waals surface area contributed by atoms with Gasteiger partial charge < -0.3 is 9.32 Å². The minimum absolute atomic E-state index is 0.0418. The summed E-state index contributed by atoms with van der Waals surface area (Å²) in [7, 11) is -3.53. The Labute approximate surface area is 160 Å². The van der Waals surface area contributed by atoms with E-state index in [9.17, 15) is 13.2 Å². The molecule has 1 aromatic carbocycles. The summed E-state index contributed by atoms with van der Waals surface area (Å²) >= 11 is 0. The molecule has 0 radical (unpaired) electrons. The molecule has 0 N–H and O–H groups in total. The highest BCUT2D eigenvalue weighted by Crippen LogP contribution is 2.23. The van der Waals surface area contributed by atoms with Crippen molar-refractivity contribution in [3.8, 4) is 0 Å². The summed E-state index contributed by atoms with van der Waals surface area (Å²) in [6.45, 7) is 5.64. The third-order valence-corrected chi connectivity index (χ3v) is 7.11. The van der Waals surface area contributed by atoms with Crippen LogP contribution in [0.25, 0.3) is 0 Å². The lowest BCUT2D eigenvalue weighted by Gasteiger charge is -2.34. The maximum atomic E-state index is 12.9. The molecule has 7 heteroatoms. The van der Waals surface area contributed by atoms with Gasteiger partial charge in [0, 0.05) is 26.2 Å². The molecule has 1 saturated heterocycles. The molecule has 0 saturated carbocycles. The second-order valence-corrected chi connectivity index (χ2v) is 8.86. The zero-order chi connectivity index (χ0) is 19.4. The number of rotatable bonds is 6. The molecule has 1 aliphatic rings. The molecule has 2 aromatic rings. The first-order chi connectivity index (χ1) is 12.9. The van der Waals surface area contributed by atoms with Crippen molar-refractivity contribution in [2.45, 2.75) is 37.5 Å². The number of carbonyl (C=O) groups is 1. The van der Waals surface area contributed by atoms with E-state index in [1.807, 2.05) is 12.1 Å². The molecule has 0 aliphatic carbocycles. The van der Waals surface area contributed by atoms with Crippen LogP contribution < -0.4 is 0 Å². The molecular weight excluding hydrogens is 364 g/mol. The van der Waals surface area contributed by atoms with Gasteiger partial charge in [0.1, 0.15) is 5.76 Å². The van der Waals surface area contributed by atoms with Gasteiger partial charge in [0.05, 0.1) is 17.6 Å². The smallest absolute Gasteiger partial charge is 0.243 e. The summed E-state index contributed by atoms with van der Waals surface area (Å²) in [4.78, 5) is 14.3. The minimum atomic E-state index is -3.53. The molecule has 27 heavy (non-hydrogen) atoms. The van der Waals surface area contributed by atoms with Gasteiger partial charge in [0.15, 0.2) is 0 Å². The lowest BCUT2D eigenvalue weighted by atomic mass is 9.99. The number of amides is 1. The molecule has 1 aliphatic heterocycles. The first kappa shape index (κ1) is 19.6. The predicted molar refractivity (Wildman–Crippen MR) is 103 cm³/mol. The Balaban J connectivity index is 1.61. The van der Waals surface area contributed by atoms with E-state index in [1.165, 1.54) is 4.31 Å². The molecule has 1 atom stereocenters. The van der Waals surface area contributed by atoms with Crippen molar-refractivity contribution in [3.63, 3.8) is 0 Å². The van der Waals surface area contributed by atoms with Crippen molar-refractivity contribution < 1.29 is 17.6 Å². The summed E-state index contributed by atoms with van der Waals surface area (Å²) in [5.41, 5.74) is 1.14. The maximum absolute atomic E-state index is 12.9. The van der Waals surface area contributed by atoms with Crippen LogP contribution in [0.15, 0.2) is 52.0 Å². The standard InChI is InChI=1S/C20H26N2O4S/c1-3-16(2)17-6-8-19(9-7-17)27(24,25)22-12-10-21(11-13-22)20(23)15-18-5-4-14-26-18/h4-9,14,16H,3,10-13,15H2,1-2H3/t16-/m1/s1. The Bertz CT molecular complexity index is 852. The SMILES string of the molecule is CC[C@@H](C)c1ccc(S(=O)(=O)N2CCN(C(=O)Cc3ccco3)CC2)cc1. The van der Waals surface area contributed by atoms with Gasteiger partial charge >= 0.3 is 0 Å². The summed E-state index contributed by atoms with van der Waals surface area (Å²) in [5, 5.41) is 0. The van der Waals surface area contributed by atoms with Gasteiger partial charge in [-0.05, 0) is 42.2 Å². The average molecular weight is 391 g/mol. The number of benzene rings is 1. The van der Waals surface area contributed by atoms with Gasteiger partial charge in [-0.1, -0.05) is 26.0 Å². The van der Waals surface area contributed by atoms with Gasteiger partial charge in [-0.15, -0.1) is 0 Å². The number of sulfonamides is 1. The number of carbonyl (C=O) groups excluding carboxylic acids is 1. The van der Waals surface area contributed by atoms with Gasteiger partial charge in [-0.3, -0.25) is 4.79 Å². The first-order valence-corrected chi connectivity index (χ1v) is 10.8. The van der Waals surface area contributed by atoms with Crippen LogP contribution in [-0.4, -0.2) is 49.7 Å². The number of piperazine rings is 1. The summed E-state index contributed by atoms with van der Waals surface area (Å²) < 4.78 is 32.4. The number of hydrogen-bond donors (Lipinski definition) is 0. The molecule has 2 heterocycles. The predicted octanol–water partition coefficient (Wildman–Crippen LogP) is 2.87. The molecule has 0 spiro atoms. The Kier molecular flexibility index (Phi) is 6.01. The molecule has 0 unspecified atom stereocenters. The van der Waals surface area contributed by atoms with Crippen LogP contribution in [0, 0.1) is 0 Å². The van der Waals surface area contributed by atoms with Crippen LogP contribution >= 0.6 is 0 Å². The Hall–Kier alpha value is -2.12. The molecule has 6 nitrogen and oxygen atoms in total. The fourth-order valence-electron chi connectivity index (χ4n) is 3.20. The summed E-state index contributed by atoms with van der Waals surface area (Å²) in [6, 6.07) is 10.7. The van der Waals surface area contributed by atoms with E-state index >= 15 is 0 Å². The van der Waals surface area contributed by atoms with Crippen molar-refractivity contribution in [1.29, 1.82) is 0 Å². The third-order valence-electron chi connectivity index (χ3n) is 5.20. The fraction of sp³-hybridized carbons (Fsp3) is 0.450. The third kappa shape index (κ3) is 4.42. The highest BCUT2D eigenvalue weighted by atomic mass is 32.2. The quantitative estimate of drug-likeness (QED) is 0.760. The van der Waals surface area contributed by atoms with E-state index in [2.05, 4.69) is 13.8 Å². The highest BCUT2D eigenvalue weighted by molar-refractivity contribution is 7.89. The topological polar surface area (TPSA) is 70.8 Å². The van der Waals surface area contributed by atoms with Crippen LogP contribution in [0.1, 0.15) is 37.5 Å². The highest BCUT2D eigenvalue weighted by Gasteiger charge is 2.30. The minimum Gasteiger partial charge on any atom is -0.469 e. The van der Waals surface area contributed by atoms with Crippen molar-refractivity contribution in [1.82, 2.24) is 9.21 Å². The molecule has 3 rings (SSSR count). The van der Waals surface area contributed by atoms with Crippen molar-refractivity contribution in [3.05, 3.63) is 54.0 Å². The van der Waals surface area contributed by atoms with Gasteiger partial charge in [-0.25, -0.2) is 8.42 Å². The van der Waals surface area contributed by atoms with Crippen LogP contribution in [-0.2, 0) is 21.2 Å². The first-order valence-electron chi connectivity index (χ1n) is 9.32. The zero-order valence-corrected chi connectivity index (χ0v) is 16.6. The lowest BCUT2D eigenvalue weighted by molar-refractivity contribution is -0.131. The van der Waals surface area contributed by atoms with Crippen molar-refractivity contribution in [2.24, 2.45) is 0 Å². The van der Waals surface area contributed by atoms with Crippen LogP contribution in [0.2, 0.25) is 0 Å². The molecule has 146 valence electrons. The molecule has 1 aromatic heterocycles. The van der Waals surface area contributed by atoms with Crippen LogP contribution in [0.3, 0.4) is 0 Å². The monoisotopic (exact) mass is 390 g/mol. The molecule has 1 fully saturated rings. The summed E-state index contributed by atoms with van der Waals surface area (Å²) in [5.74, 6) is 0.988. The van der Waals surface area contributed by atoms with E-state index in [4.69, 9.17) is 4.42 Å². The Morgan fingerprint density at radius 2 is 1.78 bits per heavy atom. The largest absolute Gasteiger partial charge is 0.469 e. The average Bonchev–Trinajstić information content (AvgIpc) is 3.20. The number of nitrogens with zero attached hydrogens (tertiary/aromatic N) is 2. The van der Waals surface area contributed by atoms with E-state index in [1.54, 1.807) is 35.4 Å². The van der Waals surface area contributed by atoms with Gasteiger partial charge in [0.2, 0.25) is 15.9 Å². The normalized spacial score (nSPS) is 17.0. The van der Waals surface area contributed by atoms with E-state index in [0.29, 0.717) is 42.8 Å². The van der Waals surface area contributed by atoms with Crippen molar-refractivity contribution in [2.75, 3.05) is 26.2 Å². The lowest BCUT2D eigenvalue weighted by Crippen LogP contribution is -2.50. The van der Waals surface area contributed by atoms with E-state index < -0.39 is 10.0 Å². The Morgan fingerprint density at radius 1 is 1.11 bits per heavy atom. The second-order valence-electron chi connectivity index (χ2n) is 6.92. The number of furan rings is 1. The van der Waals surface area contributed by atoms with Crippen LogP contribution in [0.4, 0.5) is 0 Å². The second kappa shape index (κ2) is 8.27. The summed E-state index contributed by atoms with van der Waals surface area (Å²) in [6.07, 6.45) is 2.76. The molecule has 1 amide bonds. The van der Waals surface area contributed by atoms with Crippen LogP contribution in [0.5, 0.6) is 0 Å². The van der Waals surface area contributed by atoms with Gasteiger partial charge in [0.25, 0.3) is 0 Å². The van der Waals surface area contributed by atoms with E-state index in [0.717, 1.165) is 12.0 Å². The number of hydrogen-bond acceptors (Lipinski definition) is 4. The maximum Gasteiger partial charge on any atom is 0.243 e. The van der Waals surface area contributed by atoms with Gasteiger partial charge in [-0.2, -0.15) is 4.31 Å². The Morgan fingerprint density at radius 3 is 2.33 bits per heavy atom. The molecule has 0 bridgehead atoms. The van der Waals surface area contributed by atoms with E-state index in [-0.39, 0.29) is 12.3 Å². The van der Waals surface area contributed by atoms with Crippen molar-refractivity contribution >= 4 is 15.9 Å².